The average molecular weight is 275 g/mol. The Morgan fingerprint density at radius 2 is 2.22 bits per heavy atom. The second-order valence-corrected chi connectivity index (χ2v) is 6.62. The van der Waals surface area contributed by atoms with Gasteiger partial charge in [-0.2, -0.15) is 0 Å². The van der Waals surface area contributed by atoms with Crippen molar-refractivity contribution in [3.05, 3.63) is 12.7 Å². The minimum Gasteiger partial charge on any atom is -0.469 e. The van der Waals surface area contributed by atoms with Gasteiger partial charge in [-0.15, -0.1) is 6.58 Å². The van der Waals surface area contributed by atoms with Crippen LogP contribution in [0.5, 0.6) is 0 Å². The van der Waals surface area contributed by atoms with Gasteiger partial charge >= 0.3 is 5.97 Å². The van der Waals surface area contributed by atoms with Crippen molar-refractivity contribution in [1.82, 2.24) is 4.72 Å². The van der Waals surface area contributed by atoms with Crippen LogP contribution in [0.1, 0.15) is 32.6 Å². The maximum atomic E-state index is 12.2. The summed E-state index contributed by atoms with van der Waals surface area (Å²) in [5.41, 5.74) is 0. The van der Waals surface area contributed by atoms with Crippen molar-refractivity contribution in [3.8, 4) is 0 Å². The second kappa shape index (κ2) is 6.33. The Hall–Kier alpha value is -0.880. The highest BCUT2D eigenvalue weighted by Gasteiger charge is 2.42. The van der Waals surface area contributed by atoms with Gasteiger partial charge in [-0.3, -0.25) is 4.79 Å². The van der Waals surface area contributed by atoms with E-state index < -0.39 is 27.2 Å². The summed E-state index contributed by atoms with van der Waals surface area (Å²) < 4.78 is 31.7. The summed E-state index contributed by atoms with van der Waals surface area (Å²) in [6.45, 7) is 5.35. The minimum absolute atomic E-state index is 0.202. The Bertz CT molecular complexity index is 404. The lowest BCUT2D eigenvalue weighted by Gasteiger charge is -2.21. The summed E-state index contributed by atoms with van der Waals surface area (Å²) in [7, 11) is -2.19. The first-order valence-corrected chi connectivity index (χ1v) is 7.67. The van der Waals surface area contributed by atoms with Crippen molar-refractivity contribution in [1.29, 1.82) is 0 Å². The van der Waals surface area contributed by atoms with Crippen LogP contribution in [0.25, 0.3) is 0 Å². The molecule has 1 fully saturated rings. The quantitative estimate of drug-likeness (QED) is 0.584. The van der Waals surface area contributed by atoms with Crippen molar-refractivity contribution in [2.45, 2.75) is 43.9 Å². The Balaban J connectivity index is 2.77. The van der Waals surface area contributed by atoms with E-state index in [9.17, 15) is 13.2 Å². The van der Waals surface area contributed by atoms with Crippen molar-refractivity contribution in [3.63, 3.8) is 0 Å². The molecule has 0 aromatic rings. The number of esters is 1. The number of methoxy groups -OCH3 is 1. The van der Waals surface area contributed by atoms with E-state index in [0.717, 1.165) is 6.42 Å². The molecule has 1 N–H and O–H groups in total. The Kier molecular flexibility index (Phi) is 5.34. The number of sulfonamides is 1. The lowest BCUT2D eigenvalue weighted by atomic mass is 10.1. The topological polar surface area (TPSA) is 72.5 Å². The number of carbonyl (C=O) groups is 1. The van der Waals surface area contributed by atoms with Gasteiger partial charge in [0, 0.05) is 6.04 Å². The van der Waals surface area contributed by atoms with Crippen molar-refractivity contribution < 1.29 is 17.9 Å². The normalized spacial score (nSPS) is 25.7. The first kappa shape index (κ1) is 15.2. The molecule has 3 atom stereocenters. The van der Waals surface area contributed by atoms with E-state index in [0.29, 0.717) is 19.3 Å². The van der Waals surface area contributed by atoms with E-state index in [1.165, 1.54) is 7.11 Å². The summed E-state index contributed by atoms with van der Waals surface area (Å²) in [6.07, 6.45) is 4.06. The van der Waals surface area contributed by atoms with E-state index in [1.54, 1.807) is 13.0 Å². The van der Waals surface area contributed by atoms with Gasteiger partial charge in [-0.05, 0) is 26.2 Å². The average Bonchev–Trinajstić information content (AvgIpc) is 2.77. The van der Waals surface area contributed by atoms with E-state index in [4.69, 9.17) is 0 Å². The van der Waals surface area contributed by atoms with E-state index >= 15 is 0 Å². The molecule has 0 aliphatic heterocycles. The summed E-state index contributed by atoms with van der Waals surface area (Å²) in [5.74, 6) is -0.970. The summed E-state index contributed by atoms with van der Waals surface area (Å²) in [5, 5.41) is -0.669. The minimum atomic E-state index is -3.48. The number of ether oxygens (including phenoxy) is 1. The summed E-state index contributed by atoms with van der Waals surface area (Å²) >= 11 is 0. The first-order valence-electron chi connectivity index (χ1n) is 6.12. The molecule has 0 heterocycles. The standard InChI is InChI=1S/C12H21NO4S/c1-4-6-9(2)13-18(15,16)11-8-5-7-10(11)12(14)17-3/h4,9-11,13H,1,5-8H2,2-3H3. The predicted molar refractivity (Wildman–Crippen MR) is 69.5 cm³/mol. The second-order valence-electron chi connectivity index (χ2n) is 4.69. The van der Waals surface area contributed by atoms with Gasteiger partial charge in [-0.25, -0.2) is 13.1 Å². The molecule has 3 unspecified atom stereocenters. The zero-order valence-corrected chi connectivity index (χ0v) is 11.7. The van der Waals surface area contributed by atoms with E-state index in [2.05, 4.69) is 16.0 Å². The fourth-order valence-electron chi connectivity index (χ4n) is 2.38. The summed E-state index contributed by atoms with van der Waals surface area (Å²) in [6, 6.07) is -0.202. The molecule has 0 aromatic heterocycles. The van der Waals surface area contributed by atoms with Crippen LogP contribution in [-0.4, -0.2) is 32.8 Å². The molecule has 1 saturated carbocycles. The van der Waals surface area contributed by atoms with Crippen LogP contribution in [0, 0.1) is 5.92 Å². The molecular formula is C12H21NO4S. The Morgan fingerprint density at radius 3 is 2.78 bits per heavy atom. The van der Waals surface area contributed by atoms with Gasteiger partial charge in [0.25, 0.3) is 0 Å². The maximum absolute atomic E-state index is 12.2. The lowest BCUT2D eigenvalue weighted by Crippen LogP contribution is -2.43. The fourth-order valence-corrected chi connectivity index (χ4v) is 4.37. The van der Waals surface area contributed by atoms with Gasteiger partial charge < -0.3 is 4.74 Å². The third kappa shape index (κ3) is 3.55. The van der Waals surface area contributed by atoms with Crippen LogP contribution in [-0.2, 0) is 19.6 Å². The molecule has 0 amide bonds. The van der Waals surface area contributed by atoms with Crippen LogP contribution >= 0.6 is 0 Å². The van der Waals surface area contributed by atoms with Crippen LogP contribution in [0.3, 0.4) is 0 Å². The molecule has 1 aliphatic rings. The largest absolute Gasteiger partial charge is 0.469 e. The molecule has 1 rings (SSSR count). The van der Waals surface area contributed by atoms with Gasteiger partial charge in [-0.1, -0.05) is 12.5 Å². The zero-order valence-electron chi connectivity index (χ0n) is 10.9. The van der Waals surface area contributed by atoms with Crippen LogP contribution in [0.15, 0.2) is 12.7 Å². The van der Waals surface area contributed by atoms with E-state index in [-0.39, 0.29) is 6.04 Å². The van der Waals surface area contributed by atoms with Crippen molar-refractivity contribution in [2.75, 3.05) is 7.11 Å². The molecule has 104 valence electrons. The first-order chi connectivity index (χ1) is 8.42. The molecule has 0 bridgehead atoms. The molecule has 0 spiro atoms. The lowest BCUT2D eigenvalue weighted by molar-refractivity contribution is -0.145. The predicted octanol–water partition coefficient (Wildman–Crippen LogP) is 1.21. The molecule has 0 aromatic carbocycles. The summed E-state index contributed by atoms with van der Waals surface area (Å²) in [4.78, 5) is 11.6. The van der Waals surface area contributed by atoms with Crippen LogP contribution in [0.4, 0.5) is 0 Å². The van der Waals surface area contributed by atoms with E-state index in [1.807, 2.05) is 0 Å². The van der Waals surface area contributed by atoms with Gasteiger partial charge in [0.2, 0.25) is 10.0 Å². The fraction of sp³-hybridized carbons (Fsp3) is 0.750. The smallest absolute Gasteiger partial charge is 0.310 e. The molecule has 6 heteroatoms. The third-order valence-corrected chi connectivity index (χ3v) is 5.33. The van der Waals surface area contributed by atoms with Crippen LogP contribution in [0.2, 0.25) is 0 Å². The van der Waals surface area contributed by atoms with Crippen molar-refractivity contribution in [2.24, 2.45) is 5.92 Å². The SMILES string of the molecule is C=CCC(C)NS(=O)(=O)C1CCCC1C(=O)OC. The molecule has 1 aliphatic carbocycles. The molecule has 0 radical (unpaired) electrons. The molecule has 0 saturated heterocycles. The van der Waals surface area contributed by atoms with Gasteiger partial charge in [0.15, 0.2) is 0 Å². The number of hydrogen-bond donors (Lipinski definition) is 1. The number of rotatable bonds is 6. The van der Waals surface area contributed by atoms with Gasteiger partial charge in [0.1, 0.15) is 0 Å². The van der Waals surface area contributed by atoms with Gasteiger partial charge in [0.05, 0.1) is 18.3 Å². The maximum Gasteiger partial charge on any atom is 0.310 e. The molecule has 5 nitrogen and oxygen atoms in total. The highest BCUT2D eigenvalue weighted by molar-refractivity contribution is 7.90. The zero-order chi connectivity index (χ0) is 13.8. The van der Waals surface area contributed by atoms with Crippen molar-refractivity contribution >= 4 is 16.0 Å². The highest BCUT2D eigenvalue weighted by atomic mass is 32.2. The highest BCUT2D eigenvalue weighted by Crippen LogP contribution is 2.31. The molecular weight excluding hydrogens is 254 g/mol. The third-order valence-electron chi connectivity index (χ3n) is 3.24. The number of hydrogen-bond acceptors (Lipinski definition) is 4. The number of carbonyl (C=O) groups excluding carboxylic acids is 1. The Labute approximate surface area is 109 Å². The molecule has 18 heavy (non-hydrogen) atoms. The number of nitrogens with one attached hydrogen (secondary N) is 1. The van der Waals surface area contributed by atoms with Crippen LogP contribution < -0.4 is 4.72 Å². The Morgan fingerprint density at radius 1 is 1.56 bits per heavy atom. The monoisotopic (exact) mass is 275 g/mol.